The Morgan fingerprint density at radius 1 is 1.07 bits per heavy atom. The fourth-order valence-electron chi connectivity index (χ4n) is 3.51. The lowest BCUT2D eigenvalue weighted by Crippen LogP contribution is -2.22. The normalized spacial score (nSPS) is 14.8. The monoisotopic (exact) mass is 409 g/mol. The number of thiophene rings is 1. The van der Waals surface area contributed by atoms with Gasteiger partial charge in [0, 0.05) is 5.92 Å². The summed E-state index contributed by atoms with van der Waals surface area (Å²) in [5.74, 6) is -1.25. The van der Waals surface area contributed by atoms with Gasteiger partial charge in [0.25, 0.3) is 0 Å². The number of carbonyl (C=O) groups is 3. The van der Waals surface area contributed by atoms with Crippen molar-refractivity contribution < 1.29 is 23.9 Å². The van der Waals surface area contributed by atoms with Crippen LogP contribution in [-0.2, 0) is 14.3 Å². The maximum atomic E-state index is 12.7. The van der Waals surface area contributed by atoms with Crippen LogP contribution in [0.15, 0.2) is 0 Å². The molecule has 1 N–H and O–H groups in total. The van der Waals surface area contributed by atoms with Gasteiger partial charge in [-0.15, -0.1) is 11.3 Å². The molecule has 2 rings (SSSR count). The van der Waals surface area contributed by atoms with E-state index in [1.165, 1.54) is 6.42 Å². The average Bonchev–Trinajstić information content (AvgIpc) is 2.99. The summed E-state index contributed by atoms with van der Waals surface area (Å²) in [6, 6.07) is 0. The number of hydrogen-bond acceptors (Lipinski definition) is 6. The predicted molar refractivity (Wildman–Crippen MR) is 110 cm³/mol. The van der Waals surface area contributed by atoms with Gasteiger partial charge in [-0.1, -0.05) is 20.3 Å². The van der Waals surface area contributed by atoms with Crippen molar-refractivity contribution in [1.82, 2.24) is 0 Å². The predicted octanol–water partition coefficient (Wildman–Crippen LogP) is 5.10. The second-order valence-corrected chi connectivity index (χ2v) is 8.17. The molecule has 7 heteroatoms. The lowest BCUT2D eigenvalue weighted by atomic mass is 9.98. The molecule has 0 spiro atoms. The molecule has 1 aromatic heterocycles. The van der Waals surface area contributed by atoms with Crippen molar-refractivity contribution in [2.24, 2.45) is 5.92 Å². The summed E-state index contributed by atoms with van der Waals surface area (Å²) < 4.78 is 10.8. The molecule has 0 atom stereocenters. The molecular weight excluding hydrogens is 378 g/mol. The summed E-state index contributed by atoms with van der Waals surface area (Å²) in [6.07, 6.45) is 6.38. The molecule has 1 aliphatic carbocycles. The highest BCUT2D eigenvalue weighted by molar-refractivity contribution is 7.18. The van der Waals surface area contributed by atoms with E-state index in [9.17, 15) is 14.4 Å². The Balaban J connectivity index is 2.29. The molecule has 1 saturated carbocycles. The van der Waals surface area contributed by atoms with E-state index in [0.29, 0.717) is 28.3 Å². The molecule has 1 aliphatic rings. The van der Waals surface area contributed by atoms with E-state index in [0.717, 1.165) is 37.0 Å². The molecule has 1 amide bonds. The summed E-state index contributed by atoms with van der Waals surface area (Å²) in [4.78, 5) is 38.1. The highest BCUT2D eigenvalue weighted by Crippen LogP contribution is 2.35. The van der Waals surface area contributed by atoms with Gasteiger partial charge in [-0.05, 0) is 57.9 Å². The minimum atomic E-state index is -0.534. The van der Waals surface area contributed by atoms with Crippen molar-refractivity contribution >= 4 is 34.2 Å². The Labute approximate surface area is 171 Å². The van der Waals surface area contributed by atoms with E-state index in [1.807, 2.05) is 13.8 Å². The number of nitrogens with one attached hydrogen (secondary N) is 1. The third kappa shape index (κ3) is 5.34. The van der Waals surface area contributed by atoms with Crippen molar-refractivity contribution in [1.29, 1.82) is 0 Å². The summed E-state index contributed by atoms with van der Waals surface area (Å²) in [6.45, 7) is 7.54. The highest BCUT2D eigenvalue weighted by Gasteiger charge is 2.29. The molecule has 156 valence electrons. The zero-order valence-electron chi connectivity index (χ0n) is 17.3. The maximum absolute atomic E-state index is 12.7. The molecule has 0 unspecified atom stereocenters. The minimum absolute atomic E-state index is 0.0728. The van der Waals surface area contributed by atoms with Crippen LogP contribution >= 0.6 is 11.3 Å². The van der Waals surface area contributed by atoms with E-state index in [4.69, 9.17) is 9.47 Å². The Kier molecular flexibility index (Phi) is 8.48. The van der Waals surface area contributed by atoms with Crippen LogP contribution in [0.2, 0.25) is 0 Å². The Morgan fingerprint density at radius 2 is 1.71 bits per heavy atom. The van der Waals surface area contributed by atoms with E-state index in [-0.39, 0.29) is 30.1 Å². The molecule has 1 aromatic rings. The van der Waals surface area contributed by atoms with Crippen molar-refractivity contribution in [2.45, 2.75) is 78.7 Å². The largest absolute Gasteiger partial charge is 0.462 e. The van der Waals surface area contributed by atoms with Crippen LogP contribution in [0.1, 0.15) is 91.3 Å². The minimum Gasteiger partial charge on any atom is -0.462 e. The lowest BCUT2D eigenvalue weighted by molar-refractivity contribution is -0.120. The Morgan fingerprint density at radius 3 is 2.29 bits per heavy atom. The van der Waals surface area contributed by atoms with Gasteiger partial charge in [-0.25, -0.2) is 9.59 Å². The van der Waals surface area contributed by atoms with Crippen LogP contribution in [0.3, 0.4) is 0 Å². The zero-order chi connectivity index (χ0) is 20.7. The topological polar surface area (TPSA) is 81.7 Å². The molecule has 28 heavy (non-hydrogen) atoms. The van der Waals surface area contributed by atoms with Crippen LogP contribution in [0.4, 0.5) is 5.00 Å². The Hall–Kier alpha value is -1.89. The van der Waals surface area contributed by atoms with Crippen molar-refractivity contribution in [2.75, 3.05) is 11.9 Å². The lowest BCUT2D eigenvalue weighted by Gasteiger charge is -2.21. The maximum Gasteiger partial charge on any atom is 0.348 e. The van der Waals surface area contributed by atoms with Crippen molar-refractivity contribution in [3.63, 3.8) is 0 Å². The molecule has 6 nitrogen and oxygen atoms in total. The molecule has 1 fully saturated rings. The number of ether oxygens (including phenoxy) is 2. The first-order valence-corrected chi connectivity index (χ1v) is 11.1. The zero-order valence-corrected chi connectivity index (χ0v) is 18.1. The summed E-state index contributed by atoms with van der Waals surface area (Å²) in [7, 11) is 0. The van der Waals surface area contributed by atoms with Gasteiger partial charge in [0.05, 0.1) is 12.2 Å². The highest BCUT2D eigenvalue weighted by atomic mass is 32.1. The Bertz CT molecular complexity index is 702. The SMILES string of the molecule is CCOC(=O)c1c(NC(=O)C(CC)CC)sc(C(=O)OC2CCCCC2)c1C. The van der Waals surface area contributed by atoms with Gasteiger partial charge in [0.1, 0.15) is 16.0 Å². The summed E-state index contributed by atoms with van der Waals surface area (Å²) >= 11 is 1.10. The van der Waals surface area contributed by atoms with Crippen LogP contribution in [0.25, 0.3) is 0 Å². The van der Waals surface area contributed by atoms with Crippen LogP contribution < -0.4 is 5.32 Å². The van der Waals surface area contributed by atoms with Crippen LogP contribution in [0.5, 0.6) is 0 Å². The number of anilines is 1. The third-order valence-corrected chi connectivity index (χ3v) is 6.42. The number of hydrogen-bond donors (Lipinski definition) is 1. The molecule has 1 heterocycles. The third-order valence-electron chi connectivity index (χ3n) is 5.23. The fourth-order valence-corrected chi connectivity index (χ4v) is 4.59. The number of rotatable bonds is 8. The van der Waals surface area contributed by atoms with Gasteiger partial charge >= 0.3 is 11.9 Å². The van der Waals surface area contributed by atoms with Gasteiger partial charge in [0.2, 0.25) is 5.91 Å². The quantitative estimate of drug-likeness (QED) is 0.604. The molecule has 0 aromatic carbocycles. The van der Waals surface area contributed by atoms with E-state index >= 15 is 0 Å². The molecular formula is C21H31NO5S. The number of carbonyl (C=O) groups excluding carboxylic acids is 3. The standard InChI is InChI=1S/C21H31NO5S/c1-5-14(6-2)18(23)22-19-16(20(24)26-7-3)13(4)17(28-19)21(25)27-15-11-9-8-10-12-15/h14-15H,5-12H2,1-4H3,(H,22,23). The molecule has 0 aliphatic heterocycles. The molecule has 0 saturated heterocycles. The van der Waals surface area contributed by atoms with Crippen molar-refractivity contribution in [3.8, 4) is 0 Å². The van der Waals surface area contributed by atoms with Gasteiger partial charge in [-0.3, -0.25) is 4.79 Å². The summed E-state index contributed by atoms with van der Waals surface area (Å²) in [5, 5.41) is 3.21. The summed E-state index contributed by atoms with van der Waals surface area (Å²) in [5.41, 5.74) is 0.755. The number of amides is 1. The fraction of sp³-hybridized carbons (Fsp3) is 0.667. The van der Waals surface area contributed by atoms with E-state index < -0.39 is 11.9 Å². The second-order valence-electron chi connectivity index (χ2n) is 7.15. The molecule has 0 bridgehead atoms. The smallest absolute Gasteiger partial charge is 0.348 e. The number of esters is 2. The van der Waals surface area contributed by atoms with Crippen molar-refractivity contribution in [3.05, 3.63) is 16.0 Å². The van der Waals surface area contributed by atoms with Gasteiger partial charge < -0.3 is 14.8 Å². The molecule has 0 radical (unpaired) electrons. The first-order chi connectivity index (χ1) is 13.4. The second kappa shape index (κ2) is 10.6. The van der Waals surface area contributed by atoms with Crippen LogP contribution in [-0.4, -0.2) is 30.6 Å². The first-order valence-electron chi connectivity index (χ1n) is 10.2. The van der Waals surface area contributed by atoms with Gasteiger partial charge in [0.15, 0.2) is 0 Å². The van der Waals surface area contributed by atoms with E-state index in [2.05, 4.69) is 5.32 Å². The van der Waals surface area contributed by atoms with E-state index in [1.54, 1.807) is 13.8 Å². The van der Waals surface area contributed by atoms with Gasteiger partial charge in [-0.2, -0.15) is 0 Å². The average molecular weight is 410 g/mol. The van der Waals surface area contributed by atoms with Crippen LogP contribution in [0, 0.1) is 12.8 Å². The first kappa shape index (κ1) is 22.4.